The van der Waals surface area contributed by atoms with Crippen LogP contribution in [0.2, 0.25) is 0 Å². The SMILES string of the molecule is CC(C)c1ccnc(-c2[c-]ccc3c2oc2ccccc23)c1.CC(C)c1ccnc(-c2[c-]cccc2)c1.CC(C)c1ccnc(-c2[c-]cccc2)c1.CC(C)c1ccnc(-c2[c-]cccc2)c1.CC(C)c1ccnc(-c2[c-]cccc2)c1.CC(C)c1ccnc(-c2cccc3c2oc2ccccc23)c1.CO.CO.[Ir+3].[Ir+3]. The molecule has 8 heterocycles. The average Bonchev–Trinajstić information content (AvgIpc) is 1.61. The van der Waals surface area contributed by atoms with Crippen LogP contribution in [-0.4, -0.2) is 54.3 Å². The van der Waals surface area contributed by atoms with E-state index < -0.39 is 0 Å². The molecule has 12 heteroatoms. The van der Waals surface area contributed by atoms with Crippen molar-refractivity contribution >= 4 is 43.9 Å². The molecule has 0 saturated heterocycles. The summed E-state index contributed by atoms with van der Waals surface area (Å²) in [5.41, 5.74) is 23.5. The third-order valence-electron chi connectivity index (χ3n) is 17.9. The number of hydrogen-bond acceptors (Lipinski definition) is 10. The van der Waals surface area contributed by atoms with Crippen molar-refractivity contribution in [1.29, 1.82) is 0 Å². The van der Waals surface area contributed by atoms with Gasteiger partial charge in [-0.25, -0.2) is 0 Å². The van der Waals surface area contributed by atoms with Crippen molar-refractivity contribution in [2.75, 3.05) is 14.2 Å². The van der Waals surface area contributed by atoms with Crippen LogP contribution in [0, 0.1) is 30.3 Å². The van der Waals surface area contributed by atoms with Crippen molar-refractivity contribution in [2.45, 2.75) is 119 Å². The van der Waals surface area contributed by atoms with Crippen molar-refractivity contribution in [1.82, 2.24) is 29.9 Å². The molecule has 0 aliphatic heterocycles. The van der Waals surface area contributed by atoms with Gasteiger partial charge in [0.2, 0.25) is 0 Å². The van der Waals surface area contributed by atoms with Crippen molar-refractivity contribution in [2.24, 2.45) is 0 Å². The van der Waals surface area contributed by atoms with E-state index in [1.165, 1.54) is 33.4 Å². The van der Waals surface area contributed by atoms with Gasteiger partial charge in [-0.2, -0.15) is 0 Å². The molecule has 0 spiro atoms. The number of pyridine rings is 6. The summed E-state index contributed by atoms with van der Waals surface area (Å²) in [5, 5.41) is 18.5. The molecule has 16 rings (SSSR count). The minimum Gasteiger partial charge on any atom is -0.501 e. The summed E-state index contributed by atoms with van der Waals surface area (Å²) in [6.07, 6.45) is 11.2. The van der Waals surface area contributed by atoms with Gasteiger partial charge in [0.1, 0.15) is 16.7 Å². The van der Waals surface area contributed by atoms with Gasteiger partial charge in [0, 0.05) is 73.1 Å². The number of fused-ring (bicyclic) bond motifs is 6. The van der Waals surface area contributed by atoms with Crippen LogP contribution in [0.15, 0.2) is 295 Å². The van der Waals surface area contributed by atoms with Gasteiger partial charge in [0.25, 0.3) is 0 Å². The molecule has 16 aromatic rings. The largest absolute Gasteiger partial charge is 3.00 e. The van der Waals surface area contributed by atoms with Gasteiger partial charge in [-0.15, -0.1) is 162 Å². The van der Waals surface area contributed by atoms with Crippen molar-refractivity contribution in [3.8, 4) is 67.5 Å². The zero-order valence-electron chi connectivity index (χ0n) is 65.2. The summed E-state index contributed by atoms with van der Waals surface area (Å²) in [7, 11) is 2.00. The van der Waals surface area contributed by atoms with E-state index in [1.807, 2.05) is 177 Å². The standard InChI is InChI=1S/C20H17NO.C20H16NO.4C14H14N.2CH4O.2Ir/c2*1-13(2)14-10-11-21-18(12-14)17-8-5-7-16-15-6-3-4-9-19(15)22-20(16)17;4*1-11(2)13-8-9-15-14(10-13)12-6-4-3-5-7-12;2*1-2;;/h3-13H,1-2H3;3-7,9-13H,1-2H3;4*3-6,8-11H,1-2H3;2*2H,1H3;;/q;5*-1;;;2*+3. The normalized spacial score (nSPS) is 10.5. The van der Waals surface area contributed by atoms with Gasteiger partial charge in [-0.1, -0.05) is 201 Å². The summed E-state index contributed by atoms with van der Waals surface area (Å²) in [6, 6.07) is 99.5. The monoisotopic (exact) mass is 1810 g/mol. The summed E-state index contributed by atoms with van der Waals surface area (Å²) >= 11 is 0. The Balaban J connectivity index is 0.000000183. The summed E-state index contributed by atoms with van der Waals surface area (Å²) in [5.74, 6) is 3.10. The van der Waals surface area contributed by atoms with E-state index in [9.17, 15) is 0 Å². The first-order chi connectivity index (χ1) is 52.6. The zero-order chi connectivity index (χ0) is 76.9. The van der Waals surface area contributed by atoms with Gasteiger partial charge < -0.3 is 44.0 Å². The maximum absolute atomic E-state index is 7.00. The van der Waals surface area contributed by atoms with Gasteiger partial charge in [-0.05, 0) is 130 Å². The number of rotatable bonds is 12. The molecule has 0 saturated carbocycles. The zero-order valence-corrected chi connectivity index (χ0v) is 70.0. The van der Waals surface area contributed by atoms with Crippen LogP contribution < -0.4 is 0 Å². The third-order valence-corrected chi connectivity index (χ3v) is 17.9. The van der Waals surface area contributed by atoms with E-state index in [0.29, 0.717) is 35.5 Å². The number of hydrogen-bond donors (Lipinski definition) is 2. The molecule has 0 radical (unpaired) electrons. The molecule has 0 aliphatic carbocycles. The average molecular weight is 1810 g/mol. The van der Waals surface area contributed by atoms with Gasteiger partial charge >= 0.3 is 40.2 Å². The third kappa shape index (κ3) is 23.7. The fourth-order valence-corrected chi connectivity index (χ4v) is 11.7. The van der Waals surface area contributed by atoms with E-state index >= 15 is 0 Å². The minimum atomic E-state index is 0. The van der Waals surface area contributed by atoms with Crippen LogP contribution in [0.3, 0.4) is 0 Å². The van der Waals surface area contributed by atoms with Crippen molar-refractivity contribution in [3.05, 3.63) is 350 Å². The molecular weight excluding hydrogens is 1710 g/mol. The minimum absolute atomic E-state index is 0. The summed E-state index contributed by atoms with van der Waals surface area (Å²) in [4.78, 5) is 26.5. The Morgan fingerprint density at radius 2 is 0.527 bits per heavy atom. The first kappa shape index (κ1) is 86.7. The van der Waals surface area contributed by atoms with Crippen LogP contribution in [0.4, 0.5) is 0 Å². The van der Waals surface area contributed by atoms with E-state index in [0.717, 1.165) is 126 Å². The maximum Gasteiger partial charge on any atom is 3.00 e. The number of aliphatic hydroxyl groups is 2. The molecule has 2 N–H and O–H groups in total. The fraction of sp³-hybridized carbons (Fsp3) is 0.204. The molecule has 8 aromatic carbocycles. The molecule has 0 bridgehead atoms. The second kappa shape index (κ2) is 44.2. The molecule has 0 amide bonds. The number of furan rings is 2. The first-order valence-corrected chi connectivity index (χ1v) is 36.8. The molecule has 0 atom stereocenters. The predicted octanol–water partition coefficient (Wildman–Crippen LogP) is 25.2. The first-order valence-electron chi connectivity index (χ1n) is 36.8. The molecule has 8 aromatic heterocycles. The molecule has 0 fully saturated rings. The molecule has 0 aliphatic rings. The van der Waals surface area contributed by atoms with Gasteiger partial charge in [0.15, 0.2) is 0 Å². The van der Waals surface area contributed by atoms with Crippen molar-refractivity contribution in [3.63, 3.8) is 0 Å². The Kier molecular flexibility index (Phi) is 34.9. The van der Waals surface area contributed by atoms with E-state index in [1.54, 1.807) is 0 Å². The number of aliphatic hydroxyl groups excluding tert-OH is 2. The second-order valence-electron chi connectivity index (χ2n) is 27.4. The Morgan fingerprint density at radius 1 is 0.255 bits per heavy atom. The number of nitrogens with zero attached hydrogens (tertiary/aromatic N) is 6. The molecular formula is C98H97Ir2N6O4+. The maximum atomic E-state index is 7.00. The topological polar surface area (TPSA) is 144 Å². The van der Waals surface area contributed by atoms with E-state index in [4.69, 9.17) is 19.0 Å². The molecule has 110 heavy (non-hydrogen) atoms. The summed E-state index contributed by atoms with van der Waals surface area (Å²) in [6.45, 7) is 26.3. The second-order valence-corrected chi connectivity index (χ2v) is 27.4. The van der Waals surface area contributed by atoms with Gasteiger partial charge in [0.05, 0.1) is 11.3 Å². The Morgan fingerprint density at radius 3 is 0.855 bits per heavy atom. The van der Waals surface area contributed by atoms with Crippen molar-refractivity contribution < 1.29 is 59.3 Å². The van der Waals surface area contributed by atoms with Crippen LogP contribution in [-0.2, 0) is 40.2 Å². The fourth-order valence-electron chi connectivity index (χ4n) is 11.7. The quantitative estimate of drug-likeness (QED) is 0.113. The van der Waals surface area contributed by atoms with E-state index in [2.05, 4.69) is 253 Å². The van der Waals surface area contributed by atoms with Gasteiger partial charge in [-0.3, -0.25) is 4.98 Å². The summed E-state index contributed by atoms with van der Waals surface area (Å²) < 4.78 is 12.2. The predicted molar refractivity (Wildman–Crippen MR) is 448 cm³/mol. The molecule has 10 nitrogen and oxygen atoms in total. The molecule has 560 valence electrons. The van der Waals surface area contributed by atoms with Crippen LogP contribution in [0.25, 0.3) is 111 Å². The number of aromatic nitrogens is 6. The van der Waals surface area contributed by atoms with E-state index in [-0.39, 0.29) is 40.2 Å². The van der Waals surface area contributed by atoms with Crippen LogP contribution in [0.1, 0.15) is 152 Å². The Bertz CT molecular complexity index is 4870. The number of benzene rings is 8. The van der Waals surface area contributed by atoms with Crippen LogP contribution in [0.5, 0.6) is 0 Å². The van der Waals surface area contributed by atoms with Crippen LogP contribution >= 0.6 is 0 Å². The smallest absolute Gasteiger partial charge is 0.501 e. The number of para-hydroxylation sites is 3. The Hall–Kier alpha value is -10.5. The molecule has 0 unspecified atom stereocenters. The Labute approximate surface area is 678 Å².